The van der Waals surface area contributed by atoms with E-state index in [-0.39, 0.29) is 32.0 Å². The van der Waals surface area contributed by atoms with Crippen LogP contribution in [0.3, 0.4) is 0 Å². The number of nitrogens with zero attached hydrogens (tertiary/aromatic N) is 1. The van der Waals surface area contributed by atoms with Crippen molar-refractivity contribution in [3.63, 3.8) is 0 Å². The van der Waals surface area contributed by atoms with Gasteiger partial charge in [0.2, 0.25) is 0 Å². The molecular weight excluding hydrogens is 335 g/mol. The highest BCUT2D eigenvalue weighted by Gasteiger charge is 2.36. The summed E-state index contributed by atoms with van der Waals surface area (Å²) in [7, 11) is 0. The Kier molecular flexibility index (Phi) is 4.04. The van der Waals surface area contributed by atoms with Gasteiger partial charge >= 0.3 is 6.18 Å². The smallest absolute Gasteiger partial charge is 0.384 e. The molecule has 2 aromatic rings. The lowest BCUT2D eigenvalue weighted by atomic mass is 10.0. The zero-order valence-electron chi connectivity index (χ0n) is 9.60. The van der Waals surface area contributed by atoms with Crippen molar-refractivity contribution in [2.24, 2.45) is 0 Å². The Labute approximate surface area is 127 Å². The number of nitrogens with two attached hydrogens (primary N) is 1. The number of benzene rings is 1. The predicted molar refractivity (Wildman–Crippen MR) is 74.1 cm³/mol. The van der Waals surface area contributed by atoms with E-state index in [0.717, 1.165) is 0 Å². The summed E-state index contributed by atoms with van der Waals surface area (Å²) in [6, 6.07) is 5.15. The molecule has 0 aliphatic heterocycles. The Hall–Kier alpha value is -1.17. The lowest BCUT2D eigenvalue weighted by Gasteiger charge is -2.14. The van der Waals surface area contributed by atoms with Crippen LogP contribution in [-0.4, -0.2) is 4.98 Å². The van der Waals surface area contributed by atoms with Gasteiger partial charge in [0.05, 0.1) is 15.1 Å². The second-order valence-electron chi connectivity index (χ2n) is 3.85. The summed E-state index contributed by atoms with van der Waals surface area (Å²) in [4.78, 5) is 3.33. The minimum atomic E-state index is -4.67. The largest absolute Gasteiger partial charge is 0.434 e. The fourth-order valence-electron chi connectivity index (χ4n) is 1.64. The van der Waals surface area contributed by atoms with Crippen molar-refractivity contribution in [3.8, 4) is 11.1 Å². The van der Waals surface area contributed by atoms with E-state index in [1.54, 1.807) is 0 Å². The molecule has 2 nitrogen and oxygen atoms in total. The highest BCUT2D eigenvalue weighted by molar-refractivity contribution is 6.49. The van der Waals surface area contributed by atoms with Crippen LogP contribution in [-0.2, 0) is 6.18 Å². The number of alkyl halides is 3. The fraction of sp³-hybridized carbons (Fsp3) is 0.0833. The first-order chi connectivity index (χ1) is 9.21. The molecule has 2 N–H and O–H groups in total. The van der Waals surface area contributed by atoms with Crippen molar-refractivity contribution in [3.05, 3.63) is 45.0 Å². The van der Waals surface area contributed by atoms with Crippen LogP contribution in [0.1, 0.15) is 5.69 Å². The standard InChI is InChI=1S/C12H6Cl3F3N2/c13-7-3-1-5(9(14)10(7)15)6-2-4-8(19)20-11(6)12(16,17)18/h1-4H,(H2,19,20). The molecule has 0 spiro atoms. The lowest BCUT2D eigenvalue weighted by molar-refractivity contribution is -0.140. The normalized spacial score (nSPS) is 11.7. The van der Waals surface area contributed by atoms with Crippen molar-refractivity contribution in [2.45, 2.75) is 6.18 Å². The van der Waals surface area contributed by atoms with Crippen LogP contribution in [0.4, 0.5) is 19.0 Å². The second kappa shape index (κ2) is 5.31. The Balaban J connectivity index is 2.74. The third-order valence-corrected chi connectivity index (χ3v) is 3.80. The number of hydrogen-bond donors (Lipinski definition) is 1. The second-order valence-corrected chi connectivity index (χ2v) is 5.02. The maximum atomic E-state index is 13.0. The number of rotatable bonds is 1. The summed E-state index contributed by atoms with van der Waals surface area (Å²) in [5.74, 6) is -0.239. The van der Waals surface area contributed by atoms with Crippen molar-refractivity contribution in [2.75, 3.05) is 5.73 Å². The number of nitrogen functional groups attached to an aromatic ring is 1. The molecule has 106 valence electrons. The summed E-state index contributed by atoms with van der Waals surface area (Å²) in [6.45, 7) is 0. The molecule has 1 heterocycles. The summed E-state index contributed by atoms with van der Waals surface area (Å²) in [5, 5.41) is 0.0596. The monoisotopic (exact) mass is 340 g/mol. The van der Waals surface area contributed by atoms with E-state index in [2.05, 4.69) is 4.98 Å². The maximum absolute atomic E-state index is 13.0. The van der Waals surface area contributed by atoms with Crippen LogP contribution in [0.25, 0.3) is 11.1 Å². The number of anilines is 1. The van der Waals surface area contributed by atoms with Gasteiger partial charge in [-0.2, -0.15) is 13.2 Å². The summed E-state index contributed by atoms with van der Waals surface area (Å²) in [5.41, 5.74) is 4.05. The molecule has 0 bridgehead atoms. The van der Waals surface area contributed by atoms with E-state index < -0.39 is 11.9 Å². The zero-order valence-corrected chi connectivity index (χ0v) is 11.9. The first-order valence-corrected chi connectivity index (χ1v) is 6.33. The highest BCUT2D eigenvalue weighted by atomic mass is 35.5. The molecule has 0 radical (unpaired) electrons. The molecular formula is C12H6Cl3F3N2. The molecule has 0 fully saturated rings. The van der Waals surface area contributed by atoms with Crippen LogP contribution >= 0.6 is 34.8 Å². The first kappa shape index (κ1) is 15.2. The van der Waals surface area contributed by atoms with Gasteiger partial charge in [0.1, 0.15) is 5.82 Å². The SMILES string of the molecule is Nc1ccc(-c2ccc(Cl)c(Cl)c2Cl)c(C(F)(F)F)n1. The minimum absolute atomic E-state index is 0.0178. The predicted octanol–water partition coefficient (Wildman–Crippen LogP) is 5.31. The molecule has 1 aromatic heterocycles. The molecule has 0 saturated carbocycles. The Morgan fingerprint density at radius 1 is 0.900 bits per heavy atom. The van der Waals surface area contributed by atoms with Crippen LogP contribution in [0.2, 0.25) is 15.1 Å². The average Bonchev–Trinajstić information content (AvgIpc) is 2.36. The van der Waals surface area contributed by atoms with Crippen LogP contribution in [0.5, 0.6) is 0 Å². The molecule has 0 amide bonds. The molecule has 2 rings (SSSR count). The molecule has 0 saturated heterocycles. The van der Waals surface area contributed by atoms with Gasteiger partial charge in [-0.1, -0.05) is 40.9 Å². The third kappa shape index (κ3) is 2.80. The fourth-order valence-corrected chi connectivity index (χ4v) is 2.28. The summed E-state index contributed by atoms with van der Waals surface area (Å²) >= 11 is 17.5. The first-order valence-electron chi connectivity index (χ1n) is 5.19. The lowest BCUT2D eigenvalue weighted by Crippen LogP contribution is -2.11. The van der Waals surface area contributed by atoms with Crippen LogP contribution in [0, 0.1) is 0 Å². The van der Waals surface area contributed by atoms with Crippen molar-refractivity contribution in [1.29, 1.82) is 0 Å². The quantitative estimate of drug-likeness (QED) is 0.714. The van der Waals surface area contributed by atoms with E-state index in [1.807, 2.05) is 0 Å². The number of aromatic nitrogens is 1. The van der Waals surface area contributed by atoms with E-state index in [0.29, 0.717) is 0 Å². The van der Waals surface area contributed by atoms with Gasteiger partial charge in [-0.15, -0.1) is 0 Å². The van der Waals surface area contributed by atoms with Crippen LogP contribution in [0.15, 0.2) is 24.3 Å². The number of pyridine rings is 1. The van der Waals surface area contributed by atoms with Gasteiger partial charge in [-0.3, -0.25) is 0 Å². The minimum Gasteiger partial charge on any atom is -0.384 e. The van der Waals surface area contributed by atoms with Crippen LogP contribution < -0.4 is 5.73 Å². The Morgan fingerprint density at radius 2 is 1.50 bits per heavy atom. The summed E-state index contributed by atoms with van der Waals surface area (Å²) in [6.07, 6.45) is -4.67. The molecule has 8 heteroatoms. The van der Waals surface area contributed by atoms with Gasteiger partial charge < -0.3 is 5.73 Å². The van der Waals surface area contributed by atoms with Crippen molar-refractivity contribution in [1.82, 2.24) is 4.98 Å². The Bertz CT molecular complexity index is 672. The van der Waals surface area contributed by atoms with Crippen molar-refractivity contribution < 1.29 is 13.2 Å². The third-order valence-electron chi connectivity index (χ3n) is 2.51. The van der Waals surface area contributed by atoms with Gasteiger partial charge in [0.25, 0.3) is 0 Å². The number of hydrogen-bond acceptors (Lipinski definition) is 2. The van der Waals surface area contributed by atoms with Gasteiger partial charge in [-0.25, -0.2) is 4.98 Å². The van der Waals surface area contributed by atoms with E-state index in [1.165, 1.54) is 24.3 Å². The molecule has 20 heavy (non-hydrogen) atoms. The molecule has 0 aliphatic rings. The van der Waals surface area contributed by atoms with Crippen molar-refractivity contribution >= 4 is 40.6 Å². The number of halogens is 6. The zero-order chi connectivity index (χ0) is 15.1. The molecule has 0 atom stereocenters. The summed E-state index contributed by atoms with van der Waals surface area (Å²) < 4.78 is 39.0. The van der Waals surface area contributed by atoms with E-state index in [4.69, 9.17) is 40.5 Å². The Morgan fingerprint density at radius 3 is 2.10 bits per heavy atom. The van der Waals surface area contributed by atoms with Gasteiger partial charge in [0, 0.05) is 11.1 Å². The molecule has 0 aliphatic carbocycles. The van der Waals surface area contributed by atoms with E-state index in [9.17, 15) is 13.2 Å². The van der Waals surface area contributed by atoms with E-state index >= 15 is 0 Å². The molecule has 1 aromatic carbocycles. The van der Waals surface area contributed by atoms with Gasteiger partial charge in [-0.05, 0) is 18.2 Å². The maximum Gasteiger partial charge on any atom is 0.434 e. The highest BCUT2D eigenvalue weighted by Crippen LogP contribution is 2.42. The molecule has 0 unspecified atom stereocenters. The van der Waals surface area contributed by atoms with Gasteiger partial charge in [0.15, 0.2) is 5.69 Å². The topological polar surface area (TPSA) is 38.9 Å². The average molecular weight is 342 g/mol.